The quantitative estimate of drug-likeness (QED) is 0.703. The van der Waals surface area contributed by atoms with Gasteiger partial charge in [0.05, 0.1) is 13.7 Å². The second kappa shape index (κ2) is 8.15. The summed E-state index contributed by atoms with van der Waals surface area (Å²) in [5.74, 6) is 1.74. The highest BCUT2D eigenvalue weighted by molar-refractivity contribution is 5.80. The van der Waals surface area contributed by atoms with Crippen molar-refractivity contribution in [1.82, 2.24) is 15.5 Å². The van der Waals surface area contributed by atoms with Crippen LogP contribution >= 0.6 is 0 Å². The van der Waals surface area contributed by atoms with Crippen LogP contribution in [-0.2, 0) is 11.3 Å². The van der Waals surface area contributed by atoms with Crippen molar-refractivity contribution < 1.29 is 18.8 Å². The molecule has 7 nitrogen and oxygen atoms in total. The highest BCUT2D eigenvalue weighted by Crippen LogP contribution is 2.20. The number of methoxy groups -OCH3 is 1. The van der Waals surface area contributed by atoms with Crippen molar-refractivity contribution in [2.24, 2.45) is 0 Å². The molecule has 0 aliphatic rings. The van der Waals surface area contributed by atoms with E-state index < -0.39 is 6.10 Å². The SMILES string of the molecule is COc1cccc(OC(C)C(=O)NCc2nc(-c3ccccc3)no2)c1. The van der Waals surface area contributed by atoms with Crippen LogP contribution in [0, 0.1) is 0 Å². The molecule has 0 radical (unpaired) electrons. The standard InChI is InChI=1S/C19H19N3O4/c1-13(25-16-10-6-9-15(11-16)24-2)19(23)20-12-17-21-18(22-26-17)14-7-4-3-5-8-14/h3-11,13H,12H2,1-2H3,(H,20,23). The number of carbonyl (C=O) groups is 1. The lowest BCUT2D eigenvalue weighted by molar-refractivity contribution is -0.127. The van der Waals surface area contributed by atoms with Gasteiger partial charge in [-0.2, -0.15) is 4.98 Å². The molecule has 1 amide bonds. The number of nitrogens with one attached hydrogen (secondary N) is 1. The van der Waals surface area contributed by atoms with E-state index in [9.17, 15) is 4.79 Å². The van der Waals surface area contributed by atoms with Gasteiger partial charge in [-0.3, -0.25) is 4.79 Å². The van der Waals surface area contributed by atoms with E-state index in [0.717, 1.165) is 5.56 Å². The van der Waals surface area contributed by atoms with Gasteiger partial charge in [-0.05, 0) is 19.1 Å². The van der Waals surface area contributed by atoms with Crippen molar-refractivity contribution in [3.8, 4) is 22.9 Å². The van der Waals surface area contributed by atoms with Gasteiger partial charge in [0.25, 0.3) is 5.91 Å². The Bertz CT molecular complexity index is 864. The fraction of sp³-hybridized carbons (Fsp3) is 0.211. The maximum atomic E-state index is 12.2. The summed E-state index contributed by atoms with van der Waals surface area (Å²) in [6, 6.07) is 16.5. The summed E-state index contributed by atoms with van der Waals surface area (Å²) in [7, 11) is 1.57. The maximum absolute atomic E-state index is 12.2. The Hall–Kier alpha value is -3.35. The number of ether oxygens (including phenoxy) is 2. The first-order valence-electron chi connectivity index (χ1n) is 8.12. The van der Waals surface area contributed by atoms with E-state index in [2.05, 4.69) is 15.5 Å². The summed E-state index contributed by atoms with van der Waals surface area (Å²) in [6.45, 7) is 1.79. The molecule has 1 heterocycles. The lowest BCUT2D eigenvalue weighted by Gasteiger charge is -2.14. The third-order valence-corrected chi connectivity index (χ3v) is 3.64. The van der Waals surface area contributed by atoms with Crippen LogP contribution in [0.1, 0.15) is 12.8 Å². The fourth-order valence-electron chi connectivity index (χ4n) is 2.27. The highest BCUT2D eigenvalue weighted by Gasteiger charge is 2.16. The molecule has 1 unspecified atom stereocenters. The summed E-state index contributed by atoms with van der Waals surface area (Å²) >= 11 is 0. The number of amides is 1. The molecule has 3 aromatic rings. The molecule has 1 atom stereocenters. The molecular weight excluding hydrogens is 334 g/mol. The summed E-state index contributed by atoms with van der Waals surface area (Å²) < 4.78 is 15.9. The van der Waals surface area contributed by atoms with Crippen molar-refractivity contribution in [3.63, 3.8) is 0 Å². The van der Waals surface area contributed by atoms with Crippen LogP contribution in [0.2, 0.25) is 0 Å². The van der Waals surface area contributed by atoms with Crippen molar-refractivity contribution in [1.29, 1.82) is 0 Å². The van der Waals surface area contributed by atoms with E-state index in [4.69, 9.17) is 14.0 Å². The van der Waals surface area contributed by atoms with Gasteiger partial charge >= 0.3 is 0 Å². The Balaban J connectivity index is 1.54. The number of aromatic nitrogens is 2. The fourth-order valence-corrected chi connectivity index (χ4v) is 2.27. The number of hydrogen-bond donors (Lipinski definition) is 1. The van der Waals surface area contributed by atoms with Crippen LogP contribution in [0.5, 0.6) is 11.5 Å². The molecule has 7 heteroatoms. The molecule has 2 aromatic carbocycles. The molecule has 0 fully saturated rings. The average molecular weight is 353 g/mol. The number of carbonyl (C=O) groups excluding carboxylic acids is 1. The summed E-state index contributed by atoms with van der Waals surface area (Å²) in [5.41, 5.74) is 0.851. The number of hydrogen-bond acceptors (Lipinski definition) is 6. The molecule has 1 N–H and O–H groups in total. The van der Waals surface area contributed by atoms with E-state index in [0.29, 0.717) is 23.2 Å². The Kier molecular flexibility index (Phi) is 5.48. The minimum Gasteiger partial charge on any atom is -0.497 e. The van der Waals surface area contributed by atoms with Gasteiger partial charge < -0.3 is 19.3 Å². The van der Waals surface area contributed by atoms with Gasteiger partial charge in [0, 0.05) is 11.6 Å². The van der Waals surface area contributed by atoms with E-state index in [-0.39, 0.29) is 12.5 Å². The second-order valence-corrected chi connectivity index (χ2v) is 5.53. The molecule has 1 aromatic heterocycles. The molecule has 0 saturated heterocycles. The lowest BCUT2D eigenvalue weighted by Crippen LogP contribution is -2.36. The first-order chi connectivity index (χ1) is 12.7. The monoisotopic (exact) mass is 353 g/mol. The second-order valence-electron chi connectivity index (χ2n) is 5.53. The minimum atomic E-state index is -0.682. The van der Waals surface area contributed by atoms with Crippen LogP contribution in [-0.4, -0.2) is 29.3 Å². The molecule has 3 rings (SSSR count). The molecule has 0 saturated carbocycles. The zero-order chi connectivity index (χ0) is 18.4. The maximum Gasteiger partial charge on any atom is 0.261 e. The first kappa shape index (κ1) is 17.5. The summed E-state index contributed by atoms with van der Waals surface area (Å²) in [5, 5.41) is 6.63. The van der Waals surface area contributed by atoms with Crippen molar-refractivity contribution in [3.05, 3.63) is 60.5 Å². The van der Waals surface area contributed by atoms with E-state index >= 15 is 0 Å². The predicted molar refractivity (Wildman–Crippen MR) is 94.7 cm³/mol. The Labute approximate surface area is 150 Å². The summed E-state index contributed by atoms with van der Waals surface area (Å²) in [6.07, 6.45) is -0.682. The van der Waals surface area contributed by atoms with Gasteiger partial charge in [0.2, 0.25) is 11.7 Å². The van der Waals surface area contributed by atoms with Crippen LogP contribution in [0.3, 0.4) is 0 Å². The Morgan fingerprint density at radius 3 is 2.69 bits per heavy atom. The molecule has 0 spiro atoms. The van der Waals surface area contributed by atoms with Crippen LogP contribution in [0.15, 0.2) is 59.1 Å². The molecule has 26 heavy (non-hydrogen) atoms. The third-order valence-electron chi connectivity index (χ3n) is 3.64. The number of rotatable bonds is 7. The first-order valence-corrected chi connectivity index (χ1v) is 8.12. The van der Waals surface area contributed by atoms with Gasteiger partial charge in [0.1, 0.15) is 11.5 Å². The highest BCUT2D eigenvalue weighted by atomic mass is 16.5. The number of nitrogens with zero attached hydrogens (tertiary/aromatic N) is 2. The van der Waals surface area contributed by atoms with Gasteiger partial charge in [-0.1, -0.05) is 41.6 Å². The zero-order valence-electron chi connectivity index (χ0n) is 14.5. The van der Waals surface area contributed by atoms with Crippen molar-refractivity contribution in [2.45, 2.75) is 19.6 Å². The molecule has 0 aliphatic carbocycles. The predicted octanol–water partition coefficient (Wildman–Crippen LogP) is 2.83. The number of benzene rings is 2. The van der Waals surface area contributed by atoms with E-state index in [1.165, 1.54) is 0 Å². The third kappa shape index (κ3) is 4.38. The summed E-state index contributed by atoms with van der Waals surface area (Å²) in [4.78, 5) is 16.5. The molecule has 0 aliphatic heterocycles. The largest absolute Gasteiger partial charge is 0.497 e. The average Bonchev–Trinajstić information content (AvgIpc) is 3.16. The normalized spacial score (nSPS) is 11.6. The van der Waals surface area contributed by atoms with E-state index in [1.807, 2.05) is 30.3 Å². The van der Waals surface area contributed by atoms with Crippen molar-refractivity contribution in [2.75, 3.05) is 7.11 Å². The van der Waals surface area contributed by atoms with Crippen LogP contribution in [0.4, 0.5) is 0 Å². The Morgan fingerprint density at radius 2 is 1.92 bits per heavy atom. The lowest BCUT2D eigenvalue weighted by atomic mass is 10.2. The van der Waals surface area contributed by atoms with Crippen LogP contribution < -0.4 is 14.8 Å². The molecule has 134 valence electrons. The van der Waals surface area contributed by atoms with Gasteiger partial charge in [0.15, 0.2) is 6.10 Å². The van der Waals surface area contributed by atoms with Gasteiger partial charge in [-0.25, -0.2) is 0 Å². The van der Waals surface area contributed by atoms with Crippen molar-refractivity contribution >= 4 is 5.91 Å². The van der Waals surface area contributed by atoms with Crippen LogP contribution in [0.25, 0.3) is 11.4 Å². The molecule has 0 bridgehead atoms. The molecular formula is C19H19N3O4. The zero-order valence-corrected chi connectivity index (χ0v) is 14.5. The topological polar surface area (TPSA) is 86.5 Å². The van der Waals surface area contributed by atoms with E-state index in [1.54, 1.807) is 38.3 Å². The Morgan fingerprint density at radius 1 is 1.15 bits per heavy atom. The minimum absolute atomic E-state index is 0.129. The smallest absolute Gasteiger partial charge is 0.261 e. The van der Waals surface area contributed by atoms with Gasteiger partial charge in [-0.15, -0.1) is 0 Å².